The maximum absolute atomic E-state index is 5.69. The zero-order valence-electron chi connectivity index (χ0n) is 11.6. The van der Waals surface area contributed by atoms with E-state index in [-0.39, 0.29) is 0 Å². The minimum atomic E-state index is 0.404. The minimum Gasteiger partial charge on any atom is -0.389 e. The van der Waals surface area contributed by atoms with Crippen molar-refractivity contribution in [3.05, 3.63) is 58.1 Å². The third-order valence-corrected chi connectivity index (χ3v) is 4.07. The highest BCUT2D eigenvalue weighted by Gasteiger charge is 2.10. The van der Waals surface area contributed by atoms with Crippen LogP contribution < -0.4 is 10.6 Å². The Labute approximate surface area is 133 Å². The number of benzene rings is 2. The second-order valence-electron chi connectivity index (χ2n) is 4.61. The lowest BCUT2D eigenvalue weighted by atomic mass is 10.1. The Bertz CT molecular complexity index is 623. The molecule has 0 aromatic heterocycles. The van der Waals surface area contributed by atoms with Gasteiger partial charge in [0.1, 0.15) is 4.99 Å². The average Bonchev–Trinajstić information content (AvgIpc) is 2.41. The second-order valence-corrected chi connectivity index (χ2v) is 5.90. The van der Waals surface area contributed by atoms with Gasteiger partial charge < -0.3 is 10.6 Å². The number of anilines is 2. The van der Waals surface area contributed by atoms with Crippen LogP contribution in [-0.4, -0.2) is 11.5 Å². The Morgan fingerprint density at radius 1 is 1.15 bits per heavy atom. The first-order valence-corrected chi connectivity index (χ1v) is 7.66. The predicted molar refractivity (Wildman–Crippen MR) is 93.9 cm³/mol. The molecule has 0 aliphatic heterocycles. The molecule has 0 aliphatic carbocycles. The van der Waals surface area contributed by atoms with E-state index < -0.39 is 0 Å². The second kappa shape index (κ2) is 6.37. The lowest BCUT2D eigenvalue weighted by molar-refractivity contribution is 1.02. The molecule has 2 aromatic rings. The molecule has 0 saturated carbocycles. The lowest BCUT2D eigenvalue weighted by Crippen LogP contribution is -2.17. The number of thiocarbonyl (C=S) groups is 1. The molecule has 0 aliphatic rings. The summed E-state index contributed by atoms with van der Waals surface area (Å²) in [5, 5.41) is 0. The highest BCUT2D eigenvalue weighted by molar-refractivity contribution is 9.10. The molecule has 0 heterocycles. The van der Waals surface area contributed by atoms with E-state index in [4.69, 9.17) is 18.0 Å². The summed E-state index contributed by atoms with van der Waals surface area (Å²) in [6.45, 7) is 5.12. The van der Waals surface area contributed by atoms with Crippen molar-refractivity contribution in [2.45, 2.75) is 13.8 Å². The van der Waals surface area contributed by atoms with Gasteiger partial charge in [0.2, 0.25) is 0 Å². The summed E-state index contributed by atoms with van der Waals surface area (Å²) < 4.78 is 0.924. The summed E-state index contributed by atoms with van der Waals surface area (Å²) in [7, 11) is 0. The summed E-state index contributed by atoms with van der Waals surface area (Å²) in [6.07, 6.45) is 0. The zero-order valence-corrected chi connectivity index (χ0v) is 14.0. The molecule has 20 heavy (non-hydrogen) atoms. The van der Waals surface area contributed by atoms with Crippen molar-refractivity contribution in [2.24, 2.45) is 5.73 Å². The molecule has 2 N–H and O–H groups in total. The average molecular weight is 349 g/mol. The number of hydrogen-bond acceptors (Lipinski definition) is 2. The molecule has 2 rings (SSSR count). The van der Waals surface area contributed by atoms with Gasteiger partial charge in [-0.15, -0.1) is 0 Å². The van der Waals surface area contributed by atoms with E-state index in [0.717, 1.165) is 22.3 Å². The van der Waals surface area contributed by atoms with Crippen molar-refractivity contribution < 1.29 is 0 Å². The van der Waals surface area contributed by atoms with Crippen LogP contribution in [0.15, 0.2) is 46.9 Å². The van der Waals surface area contributed by atoms with Crippen LogP contribution in [0.5, 0.6) is 0 Å². The van der Waals surface area contributed by atoms with E-state index in [1.54, 1.807) is 0 Å². The minimum absolute atomic E-state index is 0.404. The van der Waals surface area contributed by atoms with Gasteiger partial charge in [-0.2, -0.15) is 0 Å². The highest BCUT2D eigenvalue weighted by Crippen LogP contribution is 2.29. The lowest BCUT2D eigenvalue weighted by Gasteiger charge is -2.24. The van der Waals surface area contributed by atoms with Crippen LogP contribution in [0.3, 0.4) is 0 Å². The molecule has 0 bridgehead atoms. The molecule has 0 atom stereocenters. The van der Waals surface area contributed by atoms with Crippen molar-refractivity contribution in [2.75, 3.05) is 11.4 Å². The standard InChI is InChI=1S/C16H17BrN2S/c1-3-19(12-6-4-11(2)5-7-12)13-8-9-14(16(18)20)15(17)10-13/h4-10H,3H2,1-2H3,(H2,18,20). The quantitative estimate of drug-likeness (QED) is 0.821. The van der Waals surface area contributed by atoms with Crippen LogP contribution in [0.4, 0.5) is 11.4 Å². The number of aryl methyl sites for hydroxylation is 1. The van der Waals surface area contributed by atoms with Crippen LogP contribution in [0.25, 0.3) is 0 Å². The summed E-state index contributed by atoms with van der Waals surface area (Å²) in [6, 6.07) is 14.6. The van der Waals surface area contributed by atoms with Gasteiger partial charge in [0.05, 0.1) is 0 Å². The highest BCUT2D eigenvalue weighted by atomic mass is 79.9. The number of nitrogens with zero attached hydrogens (tertiary/aromatic N) is 1. The number of halogens is 1. The Kier molecular flexibility index (Phi) is 4.78. The summed E-state index contributed by atoms with van der Waals surface area (Å²) in [5.41, 5.74) is 10.1. The molecular formula is C16H17BrN2S. The van der Waals surface area contributed by atoms with E-state index >= 15 is 0 Å². The van der Waals surface area contributed by atoms with E-state index in [1.807, 2.05) is 12.1 Å². The van der Waals surface area contributed by atoms with Crippen LogP contribution in [0.1, 0.15) is 18.1 Å². The number of nitrogens with two attached hydrogens (primary N) is 1. The topological polar surface area (TPSA) is 29.3 Å². The van der Waals surface area contributed by atoms with E-state index in [1.165, 1.54) is 11.3 Å². The van der Waals surface area contributed by atoms with Crippen molar-refractivity contribution >= 4 is 44.5 Å². The van der Waals surface area contributed by atoms with Gasteiger partial charge in [-0.3, -0.25) is 0 Å². The Hall–Kier alpha value is -1.39. The van der Waals surface area contributed by atoms with E-state index in [0.29, 0.717) is 4.99 Å². The zero-order chi connectivity index (χ0) is 14.7. The van der Waals surface area contributed by atoms with Crippen molar-refractivity contribution in [3.8, 4) is 0 Å². The van der Waals surface area contributed by atoms with E-state index in [2.05, 4.69) is 65.0 Å². The Morgan fingerprint density at radius 2 is 1.75 bits per heavy atom. The van der Waals surface area contributed by atoms with Crippen LogP contribution in [-0.2, 0) is 0 Å². The first-order chi connectivity index (χ1) is 9.52. The van der Waals surface area contributed by atoms with Crippen LogP contribution >= 0.6 is 28.1 Å². The fourth-order valence-electron chi connectivity index (χ4n) is 2.11. The van der Waals surface area contributed by atoms with Crippen molar-refractivity contribution in [3.63, 3.8) is 0 Å². The van der Waals surface area contributed by atoms with Crippen LogP contribution in [0.2, 0.25) is 0 Å². The third-order valence-electron chi connectivity index (χ3n) is 3.19. The predicted octanol–water partition coefficient (Wildman–Crippen LogP) is 4.55. The van der Waals surface area contributed by atoms with Gasteiger partial charge in [0.15, 0.2) is 0 Å². The molecule has 0 radical (unpaired) electrons. The Balaban J connectivity index is 2.39. The molecular weight excluding hydrogens is 332 g/mol. The number of rotatable bonds is 4. The Morgan fingerprint density at radius 3 is 2.25 bits per heavy atom. The van der Waals surface area contributed by atoms with Crippen LogP contribution in [0, 0.1) is 6.92 Å². The smallest absolute Gasteiger partial charge is 0.105 e. The van der Waals surface area contributed by atoms with E-state index in [9.17, 15) is 0 Å². The third kappa shape index (κ3) is 3.19. The summed E-state index contributed by atoms with van der Waals surface area (Å²) in [5.74, 6) is 0. The molecule has 0 spiro atoms. The summed E-state index contributed by atoms with van der Waals surface area (Å²) >= 11 is 8.56. The largest absolute Gasteiger partial charge is 0.389 e. The number of hydrogen-bond donors (Lipinski definition) is 1. The summed E-state index contributed by atoms with van der Waals surface area (Å²) in [4.78, 5) is 2.65. The van der Waals surface area contributed by atoms with Gasteiger partial charge >= 0.3 is 0 Å². The first-order valence-electron chi connectivity index (χ1n) is 6.46. The molecule has 2 aromatic carbocycles. The van der Waals surface area contributed by atoms with Crippen molar-refractivity contribution in [1.82, 2.24) is 0 Å². The van der Waals surface area contributed by atoms with Gasteiger partial charge in [-0.1, -0.05) is 29.9 Å². The molecule has 2 nitrogen and oxygen atoms in total. The molecule has 0 amide bonds. The first kappa shape index (κ1) is 15.0. The normalized spacial score (nSPS) is 10.3. The molecule has 104 valence electrons. The fourth-order valence-corrected chi connectivity index (χ4v) is 3.00. The van der Waals surface area contributed by atoms with Gasteiger partial charge in [0, 0.05) is 28.0 Å². The van der Waals surface area contributed by atoms with Gasteiger partial charge in [-0.05, 0) is 60.1 Å². The van der Waals surface area contributed by atoms with Gasteiger partial charge in [-0.25, -0.2) is 0 Å². The van der Waals surface area contributed by atoms with Crippen molar-refractivity contribution in [1.29, 1.82) is 0 Å². The van der Waals surface area contributed by atoms with Gasteiger partial charge in [0.25, 0.3) is 0 Å². The molecule has 4 heteroatoms. The maximum Gasteiger partial charge on any atom is 0.105 e. The fraction of sp³-hybridized carbons (Fsp3) is 0.188. The molecule has 0 fully saturated rings. The molecule has 0 saturated heterocycles. The maximum atomic E-state index is 5.69. The monoisotopic (exact) mass is 348 g/mol. The SMILES string of the molecule is CCN(c1ccc(C)cc1)c1ccc(C(N)=S)c(Br)c1. The molecule has 0 unspecified atom stereocenters.